The van der Waals surface area contributed by atoms with Gasteiger partial charge in [-0.25, -0.2) is 0 Å². The zero-order chi connectivity index (χ0) is 14.4. The summed E-state index contributed by atoms with van der Waals surface area (Å²) in [4.78, 5) is 14.4. The normalized spacial score (nSPS) is 22.6. The van der Waals surface area contributed by atoms with Crippen LogP contribution in [0.2, 0.25) is 0 Å². The number of likely N-dealkylation sites (tertiary alicyclic amines) is 1. The van der Waals surface area contributed by atoms with Crippen LogP contribution in [0.4, 0.5) is 0 Å². The van der Waals surface area contributed by atoms with Crippen molar-refractivity contribution in [2.75, 3.05) is 13.6 Å². The molecule has 0 spiro atoms. The molecule has 1 saturated heterocycles. The Balaban J connectivity index is 1.76. The van der Waals surface area contributed by atoms with Crippen molar-refractivity contribution in [3.63, 3.8) is 0 Å². The molecule has 1 aliphatic heterocycles. The van der Waals surface area contributed by atoms with E-state index in [1.807, 2.05) is 31.3 Å². The van der Waals surface area contributed by atoms with Gasteiger partial charge in [0.1, 0.15) is 0 Å². The summed E-state index contributed by atoms with van der Waals surface area (Å²) >= 11 is 0. The molecule has 0 saturated carbocycles. The number of hydrogen-bond acceptors (Lipinski definition) is 2. The van der Waals surface area contributed by atoms with E-state index in [4.69, 9.17) is 0 Å². The summed E-state index contributed by atoms with van der Waals surface area (Å²) in [7, 11) is 2.04. The lowest BCUT2D eigenvalue weighted by molar-refractivity contribution is -0.125. The summed E-state index contributed by atoms with van der Waals surface area (Å²) in [6.07, 6.45) is 5.83. The van der Waals surface area contributed by atoms with E-state index in [2.05, 4.69) is 28.9 Å². The summed E-state index contributed by atoms with van der Waals surface area (Å²) in [5.41, 5.74) is 1.26. The standard InChI is InChI=1S/C17H24N2O/c1-3-7-15-10-11-16(19(15)2)17(20)18-13-12-14-8-5-4-6-9-14/h3-6,8-9,15-16H,1,7,10-13H2,2H3,(H,18,20)/t15-,16-/m0/s1. The van der Waals surface area contributed by atoms with Gasteiger partial charge in [0.05, 0.1) is 6.04 Å². The molecule has 0 unspecified atom stereocenters. The van der Waals surface area contributed by atoms with E-state index >= 15 is 0 Å². The van der Waals surface area contributed by atoms with Crippen molar-refractivity contribution >= 4 is 5.91 Å². The minimum Gasteiger partial charge on any atom is -0.354 e. The number of benzene rings is 1. The van der Waals surface area contributed by atoms with E-state index in [1.54, 1.807) is 0 Å². The zero-order valence-electron chi connectivity index (χ0n) is 12.2. The monoisotopic (exact) mass is 272 g/mol. The Morgan fingerprint density at radius 2 is 2.15 bits per heavy atom. The van der Waals surface area contributed by atoms with Gasteiger partial charge in [-0.05, 0) is 38.3 Å². The van der Waals surface area contributed by atoms with Crippen LogP contribution in [0.25, 0.3) is 0 Å². The molecule has 0 radical (unpaired) electrons. The molecule has 2 rings (SSSR count). The van der Waals surface area contributed by atoms with Crippen molar-refractivity contribution in [2.45, 2.75) is 37.8 Å². The van der Waals surface area contributed by atoms with Gasteiger partial charge < -0.3 is 5.32 Å². The zero-order valence-corrected chi connectivity index (χ0v) is 12.2. The van der Waals surface area contributed by atoms with Gasteiger partial charge in [0.15, 0.2) is 0 Å². The van der Waals surface area contributed by atoms with Crippen molar-refractivity contribution in [3.8, 4) is 0 Å². The van der Waals surface area contributed by atoms with E-state index in [1.165, 1.54) is 5.56 Å². The molecule has 1 aromatic rings. The number of amides is 1. The Hall–Kier alpha value is -1.61. The highest BCUT2D eigenvalue weighted by molar-refractivity contribution is 5.82. The molecule has 0 bridgehead atoms. The van der Waals surface area contributed by atoms with E-state index in [-0.39, 0.29) is 11.9 Å². The number of hydrogen-bond donors (Lipinski definition) is 1. The quantitative estimate of drug-likeness (QED) is 0.806. The number of nitrogens with zero attached hydrogens (tertiary/aromatic N) is 1. The SMILES string of the molecule is C=CC[C@H]1CC[C@@H](C(=O)NCCc2ccccc2)N1C. The summed E-state index contributed by atoms with van der Waals surface area (Å²) in [6.45, 7) is 4.49. The number of carbonyl (C=O) groups is 1. The fraction of sp³-hybridized carbons (Fsp3) is 0.471. The largest absolute Gasteiger partial charge is 0.354 e. The Morgan fingerprint density at radius 3 is 2.85 bits per heavy atom. The van der Waals surface area contributed by atoms with Crippen LogP contribution in [-0.4, -0.2) is 36.5 Å². The van der Waals surface area contributed by atoms with Crippen molar-refractivity contribution in [1.82, 2.24) is 10.2 Å². The molecule has 1 aromatic carbocycles. The second kappa shape index (κ2) is 7.25. The van der Waals surface area contributed by atoms with Crippen LogP contribution in [-0.2, 0) is 11.2 Å². The van der Waals surface area contributed by atoms with E-state index < -0.39 is 0 Å². The second-order valence-corrected chi connectivity index (χ2v) is 5.46. The van der Waals surface area contributed by atoms with Crippen LogP contribution in [0.1, 0.15) is 24.8 Å². The summed E-state index contributed by atoms with van der Waals surface area (Å²) in [5.74, 6) is 0.162. The Kier molecular flexibility index (Phi) is 5.36. The highest BCUT2D eigenvalue weighted by Crippen LogP contribution is 2.24. The molecule has 1 aliphatic rings. The number of likely N-dealkylation sites (N-methyl/N-ethyl adjacent to an activating group) is 1. The smallest absolute Gasteiger partial charge is 0.237 e. The first-order valence-corrected chi connectivity index (χ1v) is 7.37. The molecule has 1 fully saturated rings. The van der Waals surface area contributed by atoms with E-state index in [0.29, 0.717) is 12.6 Å². The van der Waals surface area contributed by atoms with Gasteiger partial charge in [0.25, 0.3) is 0 Å². The Labute approximate surface area is 121 Å². The molecule has 3 nitrogen and oxygen atoms in total. The molecule has 0 aromatic heterocycles. The van der Waals surface area contributed by atoms with Crippen molar-refractivity contribution in [1.29, 1.82) is 0 Å². The Bertz CT molecular complexity index is 444. The first-order chi connectivity index (χ1) is 9.72. The van der Waals surface area contributed by atoms with Crippen molar-refractivity contribution < 1.29 is 4.79 Å². The highest BCUT2D eigenvalue weighted by Gasteiger charge is 2.33. The van der Waals surface area contributed by atoms with Crippen LogP contribution in [0.15, 0.2) is 43.0 Å². The fourth-order valence-corrected chi connectivity index (χ4v) is 2.90. The van der Waals surface area contributed by atoms with Gasteiger partial charge in [0, 0.05) is 12.6 Å². The topological polar surface area (TPSA) is 32.3 Å². The maximum absolute atomic E-state index is 12.2. The minimum absolute atomic E-state index is 0.0238. The minimum atomic E-state index is 0.0238. The lowest BCUT2D eigenvalue weighted by Gasteiger charge is -2.24. The van der Waals surface area contributed by atoms with Gasteiger partial charge in [0.2, 0.25) is 5.91 Å². The van der Waals surface area contributed by atoms with Crippen LogP contribution in [0.3, 0.4) is 0 Å². The van der Waals surface area contributed by atoms with Gasteiger partial charge in [-0.15, -0.1) is 6.58 Å². The molecule has 2 atom stereocenters. The Morgan fingerprint density at radius 1 is 1.40 bits per heavy atom. The first kappa shape index (κ1) is 14.8. The summed E-state index contributed by atoms with van der Waals surface area (Å²) < 4.78 is 0. The third kappa shape index (κ3) is 3.70. The van der Waals surface area contributed by atoms with Crippen LogP contribution in [0.5, 0.6) is 0 Å². The fourth-order valence-electron chi connectivity index (χ4n) is 2.90. The first-order valence-electron chi connectivity index (χ1n) is 7.37. The van der Waals surface area contributed by atoms with Crippen LogP contribution in [0, 0.1) is 0 Å². The van der Waals surface area contributed by atoms with Crippen LogP contribution >= 0.6 is 0 Å². The molecular weight excluding hydrogens is 248 g/mol. The van der Waals surface area contributed by atoms with Crippen molar-refractivity contribution in [3.05, 3.63) is 48.6 Å². The van der Waals surface area contributed by atoms with Gasteiger partial charge in [-0.2, -0.15) is 0 Å². The lowest BCUT2D eigenvalue weighted by atomic mass is 10.1. The average molecular weight is 272 g/mol. The third-order valence-corrected chi connectivity index (χ3v) is 4.14. The molecule has 20 heavy (non-hydrogen) atoms. The van der Waals surface area contributed by atoms with E-state index in [0.717, 1.165) is 25.7 Å². The lowest BCUT2D eigenvalue weighted by Crippen LogP contribution is -2.44. The van der Waals surface area contributed by atoms with Crippen LogP contribution < -0.4 is 5.32 Å². The van der Waals surface area contributed by atoms with E-state index in [9.17, 15) is 4.79 Å². The number of nitrogens with one attached hydrogen (secondary N) is 1. The number of rotatable bonds is 6. The third-order valence-electron chi connectivity index (χ3n) is 4.14. The maximum Gasteiger partial charge on any atom is 0.237 e. The molecule has 1 heterocycles. The molecule has 0 aliphatic carbocycles. The summed E-state index contributed by atoms with van der Waals surface area (Å²) in [6, 6.07) is 10.7. The molecular formula is C17H24N2O. The second-order valence-electron chi connectivity index (χ2n) is 5.46. The maximum atomic E-state index is 12.2. The predicted octanol–water partition coefficient (Wildman–Crippen LogP) is 2.38. The van der Waals surface area contributed by atoms with Crippen molar-refractivity contribution in [2.24, 2.45) is 0 Å². The molecule has 1 N–H and O–H groups in total. The molecule has 1 amide bonds. The van der Waals surface area contributed by atoms with Gasteiger partial charge >= 0.3 is 0 Å². The molecule has 3 heteroatoms. The predicted molar refractivity (Wildman–Crippen MR) is 82.5 cm³/mol. The highest BCUT2D eigenvalue weighted by atomic mass is 16.2. The molecule has 108 valence electrons. The average Bonchev–Trinajstić information content (AvgIpc) is 2.82. The van der Waals surface area contributed by atoms with Gasteiger partial charge in [-0.3, -0.25) is 9.69 Å². The number of carbonyl (C=O) groups excluding carboxylic acids is 1. The summed E-state index contributed by atoms with van der Waals surface area (Å²) in [5, 5.41) is 3.06. The van der Waals surface area contributed by atoms with Gasteiger partial charge in [-0.1, -0.05) is 36.4 Å².